The van der Waals surface area contributed by atoms with Crippen LogP contribution in [-0.4, -0.2) is 45.3 Å². The van der Waals surface area contributed by atoms with E-state index in [1.54, 1.807) is 18.2 Å². The fraction of sp³-hybridized carbons (Fsp3) is 0.438. The molecule has 2 fully saturated rings. The molecule has 122 valence electrons. The van der Waals surface area contributed by atoms with E-state index < -0.39 is 0 Å². The third kappa shape index (κ3) is 4.09. The molecular formula is C16H18N2O3S2. The monoisotopic (exact) mass is 350 g/mol. The summed E-state index contributed by atoms with van der Waals surface area (Å²) >= 11 is 2.94. The first-order valence-corrected chi connectivity index (χ1v) is 9.72. The van der Waals surface area contributed by atoms with Gasteiger partial charge in [0.2, 0.25) is 5.91 Å². The van der Waals surface area contributed by atoms with Crippen molar-refractivity contribution in [2.75, 3.05) is 17.3 Å². The van der Waals surface area contributed by atoms with Crippen LogP contribution >= 0.6 is 23.5 Å². The lowest BCUT2D eigenvalue weighted by atomic mass is 10.1. The second kappa shape index (κ2) is 7.40. The van der Waals surface area contributed by atoms with Crippen LogP contribution in [-0.2, 0) is 11.3 Å². The molecule has 1 aromatic rings. The Morgan fingerprint density at radius 2 is 2.04 bits per heavy atom. The quantitative estimate of drug-likeness (QED) is 0.904. The van der Waals surface area contributed by atoms with Gasteiger partial charge in [-0.1, -0.05) is 23.9 Å². The van der Waals surface area contributed by atoms with Gasteiger partial charge in [-0.15, -0.1) is 0 Å². The number of nitrogens with zero attached hydrogens (tertiary/aromatic N) is 1. The van der Waals surface area contributed by atoms with E-state index in [1.807, 2.05) is 17.8 Å². The van der Waals surface area contributed by atoms with Crippen molar-refractivity contribution in [3.63, 3.8) is 0 Å². The predicted molar refractivity (Wildman–Crippen MR) is 92.7 cm³/mol. The number of benzene rings is 1. The zero-order chi connectivity index (χ0) is 16.2. The molecule has 0 aromatic heterocycles. The molecule has 2 aliphatic heterocycles. The van der Waals surface area contributed by atoms with Crippen molar-refractivity contribution in [2.45, 2.75) is 25.4 Å². The van der Waals surface area contributed by atoms with Gasteiger partial charge in [0.1, 0.15) is 0 Å². The van der Waals surface area contributed by atoms with Crippen molar-refractivity contribution in [1.29, 1.82) is 0 Å². The standard InChI is InChI=1S/C16H18N2O3S2/c19-14-10-23-16(21)18(14)9-11-2-1-3-12(8-11)15(20)17-13-4-6-22-7-5-13/h1-3,8,13H,4-7,9-10H2,(H,17,20). The molecule has 0 saturated carbocycles. The maximum Gasteiger partial charge on any atom is 0.289 e. The lowest BCUT2D eigenvalue weighted by Crippen LogP contribution is -2.37. The maximum absolute atomic E-state index is 12.4. The molecule has 3 rings (SSSR count). The van der Waals surface area contributed by atoms with E-state index in [0.717, 1.165) is 41.7 Å². The molecule has 7 heteroatoms. The third-order valence-corrected chi connectivity index (χ3v) is 5.83. The fourth-order valence-corrected chi connectivity index (χ4v) is 4.47. The van der Waals surface area contributed by atoms with E-state index in [2.05, 4.69) is 5.32 Å². The highest BCUT2D eigenvalue weighted by molar-refractivity contribution is 8.14. The van der Waals surface area contributed by atoms with Crippen LogP contribution in [0.4, 0.5) is 4.79 Å². The van der Waals surface area contributed by atoms with E-state index in [0.29, 0.717) is 5.56 Å². The van der Waals surface area contributed by atoms with Gasteiger partial charge in [-0.3, -0.25) is 19.3 Å². The lowest BCUT2D eigenvalue weighted by molar-refractivity contribution is -0.125. The van der Waals surface area contributed by atoms with Crippen molar-refractivity contribution in [1.82, 2.24) is 10.2 Å². The first kappa shape index (κ1) is 16.4. The predicted octanol–water partition coefficient (Wildman–Crippen LogP) is 2.51. The number of amides is 3. The Hall–Kier alpha value is -1.47. The summed E-state index contributed by atoms with van der Waals surface area (Å²) < 4.78 is 0. The summed E-state index contributed by atoms with van der Waals surface area (Å²) in [6.07, 6.45) is 2.01. The molecule has 3 amide bonds. The molecule has 0 atom stereocenters. The maximum atomic E-state index is 12.4. The van der Waals surface area contributed by atoms with Gasteiger partial charge in [0, 0.05) is 11.6 Å². The fourth-order valence-electron chi connectivity index (χ4n) is 2.64. The number of nitrogens with one attached hydrogen (secondary N) is 1. The molecule has 0 aliphatic carbocycles. The molecule has 2 heterocycles. The van der Waals surface area contributed by atoms with Crippen LogP contribution in [0.25, 0.3) is 0 Å². The van der Waals surface area contributed by atoms with E-state index in [4.69, 9.17) is 0 Å². The Balaban J connectivity index is 1.65. The summed E-state index contributed by atoms with van der Waals surface area (Å²) in [6, 6.07) is 7.39. The number of imide groups is 1. The Morgan fingerprint density at radius 1 is 1.26 bits per heavy atom. The molecular weight excluding hydrogens is 332 g/mol. The molecule has 5 nitrogen and oxygen atoms in total. The van der Waals surface area contributed by atoms with E-state index >= 15 is 0 Å². The summed E-state index contributed by atoms with van der Waals surface area (Å²) in [4.78, 5) is 36.9. The highest BCUT2D eigenvalue weighted by atomic mass is 32.2. The highest BCUT2D eigenvalue weighted by Gasteiger charge is 2.29. The topological polar surface area (TPSA) is 66.5 Å². The highest BCUT2D eigenvalue weighted by Crippen LogP contribution is 2.22. The Bertz CT molecular complexity index is 614. The van der Waals surface area contributed by atoms with Crippen LogP contribution in [0.5, 0.6) is 0 Å². The number of thioether (sulfide) groups is 2. The normalized spacial score (nSPS) is 19.2. The largest absolute Gasteiger partial charge is 0.349 e. The molecule has 1 aromatic carbocycles. The summed E-state index contributed by atoms with van der Waals surface area (Å²) in [6.45, 7) is 0.228. The first-order valence-electron chi connectivity index (χ1n) is 7.58. The summed E-state index contributed by atoms with van der Waals surface area (Å²) in [5.74, 6) is 2.12. The molecule has 2 saturated heterocycles. The number of hydrogen-bond acceptors (Lipinski definition) is 5. The third-order valence-electron chi connectivity index (χ3n) is 3.93. The molecule has 0 unspecified atom stereocenters. The minimum absolute atomic E-state index is 0.0859. The molecule has 0 spiro atoms. The molecule has 2 aliphatic rings. The second-order valence-corrected chi connectivity index (χ2v) is 7.75. The van der Waals surface area contributed by atoms with E-state index in [1.165, 1.54) is 4.90 Å². The van der Waals surface area contributed by atoms with Gasteiger partial charge in [0.15, 0.2) is 0 Å². The van der Waals surface area contributed by atoms with Crippen LogP contribution in [0.15, 0.2) is 24.3 Å². The Labute approximate surface area is 143 Å². The van der Waals surface area contributed by atoms with Gasteiger partial charge < -0.3 is 5.32 Å². The zero-order valence-corrected chi connectivity index (χ0v) is 14.3. The molecule has 23 heavy (non-hydrogen) atoms. The number of carbonyl (C=O) groups excluding carboxylic acids is 3. The van der Waals surface area contributed by atoms with Crippen molar-refractivity contribution >= 4 is 40.6 Å². The lowest BCUT2D eigenvalue weighted by Gasteiger charge is -2.22. The Kier molecular flexibility index (Phi) is 5.27. The van der Waals surface area contributed by atoms with E-state index in [-0.39, 0.29) is 35.4 Å². The van der Waals surface area contributed by atoms with Gasteiger partial charge in [-0.25, -0.2) is 0 Å². The van der Waals surface area contributed by atoms with Crippen LogP contribution < -0.4 is 5.32 Å². The van der Waals surface area contributed by atoms with Crippen molar-refractivity contribution in [3.05, 3.63) is 35.4 Å². The summed E-state index contributed by atoms with van der Waals surface area (Å²) in [5, 5.41) is 2.85. The van der Waals surface area contributed by atoms with Crippen LogP contribution in [0.2, 0.25) is 0 Å². The van der Waals surface area contributed by atoms with Gasteiger partial charge in [-0.2, -0.15) is 11.8 Å². The van der Waals surface area contributed by atoms with Gasteiger partial charge in [-0.05, 0) is 42.0 Å². The van der Waals surface area contributed by atoms with Gasteiger partial charge in [0.05, 0.1) is 12.3 Å². The minimum atomic E-state index is -0.218. The smallest absolute Gasteiger partial charge is 0.289 e. The number of carbonyl (C=O) groups is 3. The van der Waals surface area contributed by atoms with Crippen LogP contribution in [0, 0.1) is 0 Å². The first-order chi connectivity index (χ1) is 11.1. The molecule has 1 N–H and O–H groups in total. The van der Waals surface area contributed by atoms with Crippen LogP contribution in [0.3, 0.4) is 0 Å². The average molecular weight is 350 g/mol. The van der Waals surface area contributed by atoms with Gasteiger partial charge >= 0.3 is 0 Å². The summed E-state index contributed by atoms with van der Waals surface area (Å²) in [5.41, 5.74) is 1.37. The van der Waals surface area contributed by atoms with Crippen molar-refractivity contribution in [3.8, 4) is 0 Å². The van der Waals surface area contributed by atoms with E-state index in [9.17, 15) is 14.4 Å². The molecule has 0 radical (unpaired) electrons. The van der Waals surface area contributed by atoms with Gasteiger partial charge in [0.25, 0.3) is 11.1 Å². The Morgan fingerprint density at radius 3 is 2.74 bits per heavy atom. The van der Waals surface area contributed by atoms with Crippen LogP contribution in [0.1, 0.15) is 28.8 Å². The summed E-state index contributed by atoms with van der Waals surface area (Å²) in [7, 11) is 0. The van der Waals surface area contributed by atoms with Crippen molar-refractivity contribution in [2.24, 2.45) is 0 Å². The zero-order valence-electron chi connectivity index (χ0n) is 12.6. The molecule has 0 bridgehead atoms. The second-order valence-electron chi connectivity index (χ2n) is 5.59. The van der Waals surface area contributed by atoms with Crippen molar-refractivity contribution < 1.29 is 14.4 Å². The minimum Gasteiger partial charge on any atom is -0.349 e. The average Bonchev–Trinajstić information content (AvgIpc) is 2.88. The SMILES string of the molecule is O=C(NC1CCSCC1)c1cccc(CN2C(=O)CSC2=O)c1. The number of hydrogen-bond donors (Lipinski definition) is 1. The number of rotatable bonds is 4.